The summed E-state index contributed by atoms with van der Waals surface area (Å²) in [6.07, 6.45) is 0.879. The minimum absolute atomic E-state index is 0.211. The molecule has 88 valence electrons. The Morgan fingerprint density at radius 1 is 1.47 bits per heavy atom. The summed E-state index contributed by atoms with van der Waals surface area (Å²) in [5, 5.41) is 0. The minimum atomic E-state index is -3.99. The fourth-order valence-corrected chi connectivity index (χ4v) is 2.79. The average Bonchev–Trinajstić information content (AvgIpc) is 2.14. The van der Waals surface area contributed by atoms with Crippen LogP contribution in [0.4, 0.5) is 13.2 Å². The van der Waals surface area contributed by atoms with E-state index in [9.17, 15) is 13.2 Å². The van der Waals surface area contributed by atoms with Crippen LogP contribution in [0.25, 0.3) is 0 Å². The number of alkyl halides is 3. The van der Waals surface area contributed by atoms with E-state index in [0.717, 1.165) is 25.0 Å². The average molecular weight is 238 g/mol. The highest BCUT2D eigenvalue weighted by atomic mass is 32.2. The van der Waals surface area contributed by atoms with Crippen molar-refractivity contribution in [2.45, 2.75) is 38.8 Å². The largest absolute Gasteiger partial charge is 0.389 e. The van der Waals surface area contributed by atoms with Crippen LogP contribution in [0.15, 0.2) is 11.6 Å². The first kappa shape index (κ1) is 12.9. The Labute approximate surface area is 93.3 Å². The lowest BCUT2D eigenvalue weighted by Gasteiger charge is -2.19. The fraction of sp³-hybridized carbons (Fsp3) is 0.818. The molecule has 15 heavy (non-hydrogen) atoms. The fourth-order valence-electron chi connectivity index (χ4n) is 1.61. The van der Waals surface area contributed by atoms with Crippen molar-refractivity contribution in [1.29, 1.82) is 0 Å². The van der Waals surface area contributed by atoms with Gasteiger partial charge < -0.3 is 0 Å². The normalized spacial score (nSPS) is 22.7. The van der Waals surface area contributed by atoms with Gasteiger partial charge in [-0.2, -0.15) is 24.9 Å². The van der Waals surface area contributed by atoms with Crippen LogP contribution in [0.1, 0.15) is 32.6 Å². The first-order chi connectivity index (χ1) is 6.97. The quantitative estimate of drug-likeness (QED) is 0.516. The lowest BCUT2D eigenvalue weighted by molar-refractivity contribution is -0.129. The molecule has 1 atom stereocenters. The SMILES string of the molecule is CC1=CCC(CSCCC(F)(F)F)CC1. The number of halogens is 3. The van der Waals surface area contributed by atoms with Gasteiger partial charge in [-0.3, -0.25) is 0 Å². The molecule has 0 radical (unpaired) electrons. The van der Waals surface area contributed by atoms with Gasteiger partial charge >= 0.3 is 6.18 Å². The molecule has 0 aromatic heterocycles. The zero-order chi connectivity index (χ0) is 11.3. The van der Waals surface area contributed by atoms with E-state index in [1.165, 1.54) is 17.3 Å². The highest BCUT2D eigenvalue weighted by Crippen LogP contribution is 2.28. The number of rotatable bonds is 4. The summed E-state index contributed by atoms with van der Waals surface area (Å²) in [7, 11) is 0. The van der Waals surface area contributed by atoms with Crippen LogP contribution < -0.4 is 0 Å². The standard InChI is InChI=1S/C11H17F3S/c1-9-2-4-10(5-3-9)8-15-7-6-11(12,13)14/h2,10H,3-8H2,1H3. The molecule has 0 aliphatic heterocycles. The predicted octanol–water partition coefficient (Wildman–Crippen LogP) is 4.42. The van der Waals surface area contributed by atoms with E-state index < -0.39 is 12.6 Å². The summed E-state index contributed by atoms with van der Waals surface area (Å²) in [5.74, 6) is 1.68. The second kappa shape index (κ2) is 5.83. The Bertz CT molecular complexity index is 220. The van der Waals surface area contributed by atoms with E-state index in [-0.39, 0.29) is 5.75 Å². The van der Waals surface area contributed by atoms with Gasteiger partial charge in [0.2, 0.25) is 0 Å². The summed E-state index contributed by atoms with van der Waals surface area (Å²) in [5.41, 5.74) is 1.42. The Balaban J connectivity index is 2.06. The molecule has 0 amide bonds. The molecule has 0 spiro atoms. The summed E-state index contributed by atoms with van der Waals surface area (Å²) < 4.78 is 35.5. The molecule has 0 N–H and O–H groups in total. The van der Waals surface area contributed by atoms with Gasteiger partial charge in [-0.1, -0.05) is 11.6 Å². The Morgan fingerprint density at radius 2 is 2.20 bits per heavy atom. The number of thioether (sulfide) groups is 1. The van der Waals surface area contributed by atoms with Gasteiger partial charge in [0.15, 0.2) is 0 Å². The summed E-state index contributed by atoms with van der Waals surface area (Å²) in [6, 6.07) is 0. The van der Waals surface area contributed by atoms with Crippen LogP contribution in [0.3, 0.4) is 0 Å². The van der Waals surface area contributed by atoms with Gasteiger partial charge in [0.05, 0.1) is 6.42 Å². The van der Waals surface area contributed by atoms with Crippen molar-refractivity contribution in [3.8, 4) is 0 Å². The third-order valence-electron chi connectivity index (χ3n) is 2.63. The van der Waals surface area contributed by atoms with Crippen LogP contribution in [-0.4, -0.2) is 17.7 Å². The molecule has 1 rings (SSSR count). The second-order valence-corrected chi connectivity index (χ2v) is 5.28. The third kappa shape index (κ3) is 6.13. The molecule has 0 aromatic carbocycles. The topological polar surface area (TPSA) is 0 Å². The monoisotopic (exact) mass is 238 g/mol. The van der Waals surface area contributed by atoms with Crippen LogP contribution in [0, 0.1) is 5.92 Å². The Morgan fingerprint density at radius 3 is 2.73 bits per heavy atom. The summed E-state index contributed by atoms with van der Waals surface area (Å²) >= 11 is 1.44. The maximum absolute atomic E-state index is 11.8. The highest BCUT2D eigenvalue weighted by Gasteiger charge is 2.26. The Hall–Kier alpha value is -0.120. The first-order valence-electron chi connectivity index (χ1n) is 5.27. The first-order valence-corrected chi connectivity index (χ1v) is 6.43. The molecule has 0 saturated carbocycles. The van der Waals surface area contributed by atoms with Crippen molar-refractivity contribution < 1.29 is 13.2 Å². The second-order valence-electron chi connectivity index (χ2n) is 4.13. The van der Waals surface area contributed by atoms with Crippen molar-refractivity contribution >= 4 is 11.8 Å². The predicted molar refractivity (Wildman–Crippen MR) is 59.1 cm³/mol. The molecular weight excluding hydrogens is 221 g/mol. The molecule has 0 nitrogen and oxygen atoms in total. The van der Waals surface area contributed by atoms with E-state index in [1.54, 1.807) is 0 Å². The van der Waals surface area contributed by atoms with Gasteiger partial charge in [0.1, 0.15) is 0 Å². The maximum Gasteiger partial charge on any atom is 0.389 e. The van der Waals surface area contributed by atoms with E-state index >= 15 is 0 Å². The third-order valence-corrected chi connectivity index (χ3v) is 3.83. The molecule has 1 unspecified atom stereocenters. The molecule has 0 bridgehead atoms. The number of hydrogen-bond acceptors (Lipinski definition) is 1. The molecule has 4 heteroatoms. The summed E-state index contributed by atoms with van der Waals surface area (Å²) in [4.78, 5) is 0. The van der Waals surface area contributed by atoms with Crippen LogP contribution in [0.5, 0.6) is 0 Å². The molecule has 0 aromatic rings. The van der Waals surface area contributed by atoms with Crippen LogP contribution in [-0.2, 0) is 0 Å². The molecule has 1 aliphatic rings. The lowest BCUT2D eigenvalue weighted by atomic mass is 9.92. The van der Waals surface area contributed by atoms with Gasteiger partial charge in [-0.15, -0.1) is 0 Å². The van der Waals surface area contributed by atoms with Gasteiger partial charge in [-0.05, 0) is 37.9 Å². The molecular formula is C11H17F3S. The zero-order valence-corrected chi connectivity index (χ0v) is 9.76. The van der Waals surface area contributed by atoms with E-state index in [0.29, 0.717) is 5.92 Å². The van der Waals surface area contributed by atoms with Crippen molar-refractivity contribution in [1.82, 2.24) is 0 Å². The van der Waals surface area contributed by atoms with Gasteiger partial charge in [0.25, 0.3) is 0 Å². The van der Waals surface area contributed by atoms with E-state index in [2.05, 4.69) is 13.0 Å². The van der Waals surface area contributed by atoms with Crippen LogP contribution >= 0.6 is 11.8 Å². The van der Waals surface area contributed by atoms with Gasteiger partial charge in [-0.25, -0.2) is 0 Å². The molecule has 0 saturated heterocycles. The minimum Gasteiger partial charge on any atom is -0.171 e. The smallest absolute Gasteiger partial charge is 0.171 e. The lowest BCUT2D eigenvalue weighted by Crippen LogP contribution is -2.11. The van der Waals surface area contributed by atoms with Crippen molar-refractivity contribution in [3.05, 3.63) is 11.6 Å². The van der Waals surface area contributed by atoms with E-state index in [4.69, 9.17) is 0 Å². The molecule has 1 aliphatic carbocycles. The van der Waals surface area contributed by atoms with Gasteiger partial charge in [0, 0.05) is 5.75 Å². The number of allylic oxidation sites excluding steroid dienone is 2. The summed E-state index contributed by atoms with van der Waals surface area (Å²) in [6.45, 7) is 2.12. The van der Waals surface area contributed by atoms with Crippen LogP contribution in [0.2, 0.25) is 0 Å². The number of hydrogen-bond donors (Lipinski definition) is 0. The zero-order valence-electron chi connectivity index (χ0n) is 8.94. The van der Waals surface area contributed by atoms with Crippen molar-refractivity contribution in [2.24, 2.45) is 5.92 Å². The highest BCUT2D eigenvalue weighted by molar-refractivity contribution is 7.99. The Kier molecular flexibility index (Phi) is 5.03. The van der Waals surface area contributed by atoms with Crippen molar-refractivity contribution in [3.63, 3.8) is 0 Å². The van der Waals surface area contributed by atoms with E-state index in [1.807, 2.05) is 0 Å². The molecule has 0 fully saturated rings. The van der Waals surface area contributed by atoms with Crippen molar-refractivity contribution in [2.75, 3.05) is 11.5 Å². The molecule has 0 heterocycles. The maximum atomic E-state index is 11.8.